The Morgan fingerprint density at radius 3 is 2.21 bits per heavy atom. The average Bonchev–Trinajstić information content (AvgIpc) is 2.74. The number of carbonyl (C=O) groups excluding carboxylic acids is 2. The maximum atomic E-state index is 12.9. The third kappa shape index (κ3) is 5.83. The highest BCUT2D eigenvalue weighted by molar-refractivity contribution is 5.97. The Morgan fingerprint density at radius 1 is 0.897 bits per heavy atom. The molecule has 1 aliphatic rings. The lowest BCUT2D eigenvalue weighted by Crippen LogP contribution is -2.50. The summed E-state index contributed by atoms with van der Waals surface area (Å²) in [5.41, 5.74) is 1.85. The van der Waals surface area contributed by atoms with Gasteiger partial charge < -0.3 is 14.5 Å². The summed E-state index contributed by atoms with van der Waals surface area (Å²) in [5, 5.41) is 0. The summed E-state index contributed by atoms with van der Waals surface area (Å²) in [5.74, 6) is 0.765. The lowest BCUT2D eigenvalue weighted by Gasteiger charge is -2.35. The van der Waals surface area contributed by atoms with Crippen LogP contribution in [0.2, 0.25) is 0 Å². The number of piperazine rings is 1. The van der Waals surface area contributed by atoms with Crippen molar-refractivity contribution in [1.29, 1.82) is 0 Å². The highest BCUT2D eigenvalue weighted by Gasteiger charge is 2.26. The largest absolute Gasteiger partial charge is 0.490 e. The molecule has 0 aliphatic carbocycles. The number of aryl methyl sites for hydroxylation is 1. The number of hydrogen-bond acceptors (Lipinski definition) is 3. The fourth-order valence-corrected chi connectivity index (χ4v) is 3.58. The number of carbonyl (C=O) groups is 2. The van der Waals surface area contributed by atoms with E-state index in [1.54, 1.807) is 6.07 Å². The van der Waals surface area contributed by atoms with Crippen molar-refractivity contribution in [3.05, 3.63) is 65.7 Å². The molecule has 0 N–H and O–H groups in total. The number of amides is 2. The fourth-order valence-electron chi connectivity index (χ4n) is 3.58. The molecule has 5 nitrogen and oxygen atoms in total. The van der Waals surface area contributed by atoms with Crippen molar-refractivity contribution in [3.63, 3.8) is 0 Å². The third-order valence-electron chi connectivity index (χ3n) is 5.10. The van der Waals surface area contributed by atoms with E-state index in [2.05, 4.69) is 12.1 Å². The van der Waals surface area contributed by atoms with Gasteiger partial charge in [-0.2, -0.15) is 0 Å². The van der Waals surface area contributed by atoms with Gasteiger partial charge >= 0.3 is 0 Å². The summed E-state index contributed by atoms with van der Waals surface area (Å²) in [6, 6.07) is 17.6. The van der Waals surface area contributed by atoms with E-state index in [1.165, 1.54) is 5.56 Å². The molecule has 1 aliphatic heterocycles. The first-order chi connectivity index (χ1) is 14.0. The monoisotopic (exact) mass is 394 g/mol. The predicted molar refractivity (Wildman–Crippen MR) is 114 cm³/mol. The van der Waals surface area contributed by atoms with Gasteiger partial charge in [-0.15, -0.1) is 0 Å². The molecule has 0 aromatic heterocycles. The summed E-state index contributed by atoms with van der Waals surface area (Å²) in [4.78, 5) is 29.2. The summed E-state index contributed by atoms with van der Waals surface area (Å²) in [6.07, 6.45) is 2.32. The third-order valence-corrected chi connectivity index (χ3v) is 5.10. The molecule has 5 heteroatoms. The van der Waals surface area contributed by atoms with Gasteiger partial charge in [0.25, 0.3) is 5.91 Å². The van der Waals surface area contributed by atoms with Crippen LogP contribution in [0.3, 0.4) is 0 Å². The SMILES string of the molecule is CC(C)Oc1ccccc1C(=O)N1CCN(C(=O)CCCc2ccccc2)CC1. The zero-order valence-electron chi connectivity index (χ0n) is 17.3. The zero-order chi connectivity index (χ0) is 20.6. The van der Waals surface area contributed by atoms with Gasteiger partial charge in [-0.25, -0.2) is 0 Å². The first-order valence-corrected chi connectivity index (χ1v) is 10.4. The lowest BCUT2D eigenvalue weighted by atomic mass is 10.1. The van der Waals surface area contributed by atoms with Crippen molar-refractivity contribution in [2.75, 3.05) is 26.2 Å². The van der Waals surface area contributed by atoms with E-state index in [9.17, 15) is 9.59 Å². The van der Waals surface area contributed by atoms with E-state index >= 15 is 0 Å². The van der Waals surface area contributed by atoms with Crippen molar-refractivity contribution in [3.8, 4) is 5.75 Å². The molecule has 0 bridgehead atoms. The number of nitrogens with zero attached hydrogens (tertiary/aromatic N) is 2. The van der Waals surface area contributed by atoms with E-state index in [1.807, 2.05) is 60.0 Å². The Labute approximate surface area is 173 Å². The molecule has 0 atom stereocenters. The van der Waals surface area contributed by atoms with Crippen LogP contribution in [-0.4, -0.2) is 53.9 Å². The molecule has 0 radical (unpaired) electrons. The van der Waals surface area contributed by atoms with Crippen molar-refractivity contribution in [2.24, 2.45) is 0 Å². The van der Waals surface area contributed by atoms with E-state index in [0.29, 0.717) is 43.9 Å². The maximum absolute atomic E-state index is 12.9. The molecule has 29 heavy (non-hydrogen) atoms. The van der Waals surface area contributed by atoms with Crippen LogP contribution in [0, 0.1) is 0 Å². The molecular weight excluding hydrogens is 364 g/mol. The lowest BCUT2D eigenvalue weighted by molar-refractivity contribution is -0.132. The topological polar surface area (TPSA) is 49.9 Å². The number of benzene rings is 2. The smallest absolute Gasteiger partial charge is 0.257 e. The van der Waals surface area contributed by atoms with E-state index < -0.39 is 0 Å². The van der Waals surface area contributed by atoms with Gasteiger partial charge in [0.1, 0.15) is 5.75 Å². The van der Waals surface area contributed by atoms with E-state index in [0.717, 1.165) is 12.8 Å². The first-order valence-electron chi connectivity index (χ1n) is 10.4. The minimum atomic E-state index is -0.0302. The van der Waals surface area contributed by atoms with Crippen LogP contribution < -0.4 is 4.74 Å². The van der Waals surface area contributed by atoms with Crippen molar-refractivity contribution in [2.45, 2.75) is 39.2 Å². The van der Waals surface area contributed by atoms with Crippen molar-refractivity contribution < 1.29 is 14.3 Å². The number of hydrogen-bond donors (Lipinski definition) is 0. The number of ether oxygens (including phenoxy) is 1. The predicted octanol–water partition coefficient (Wildman–Crippen LogP) is 3.78. The van der Waals surface area contributed by atoms with Gasteiger partial charge in [-0.3, -0.25) is 9.59 Å². The van der Waals surface area contributed by atoms with Gasteiger partial charge in [0.15, 0.2) is 0 Å². The van der Waals surface area contributed by atoms with Gasteiger partial charge in [-0.05, 0) is 44.4 Å². The molecule has 0 saturated carbocycles. The summed E-state index contributed by atoms with van der Waals surface area (Å²) in [7, 11) is 0. The quantitative estimate of drug-likeness (QED) is 0.718. The molecule has 2 aromatic rings. The Morgan fingerprint density at radius 2 is 1.52 bits per heavy atom. The minimum absolute atomic E-state index is 0.00862. The molecule has 3 rings (SSSR count). The first kappa shape index (κ1) is 20.9. The normalized spacial score (nSPS) is 14.2. The van der Waals surface area contributed by atoms with Crippen LogP contribution in [0.15, 0.2) is 54.6 Å². The second-order valence-electron chi connectivity index (χ2n) is 7.67. The standard InChI is InChI=1S/C24H30N2O3/c1-19(2)29-22-13-7-6-12-21(22)24(28)26-17-15-25(16-18-26)23(27)14-8-11-20-9-4-3-5-10-20/h3-7,9-10,12-13,19H,8,11,14-18H2,1-2H3. The van der Waals surface area contributed by atoms with Gasteiger partial charge in [0.2, 0.25) is 5.91 Å². The summed E-state index contributed by atoms with van der Waals surface area (Å²) < 4.78 is 5.79. The van der Waals surface area contributed by atoms with Crippen molar-refractivity contribution >= 4 is 11.8 Å². The Hall–Kier alpha value is -2.82. The number of rotatable bonds is 7. The highest BCUT2D eigenvalue weighted by atomic mass is 16.5. The molecule has 1 heterocycles. The number of para-hydroxylation sites is 1. The second kappa shape index (κ2) is 10.1. The Balaban J connectivity index is 1.48. The minimum Gasteiger partial charge on any atom is -0.490 e. The molecule has 154 valence electrons. The van der Waals surface area contributed by atoms with Crippen LogP contribution in [0.1, 0.15) is 42.6 Å². The van der Waals surface area contributed by atoms with Crippen LogP contribution in [0.25, 0.3) is 0 Å². The van der Waals surface area contributed by atoms with Crippen LogP contribution in [-0.2, 0) is 11.2 Å². The van der Waals surface area contributed by atoms with Gasteiger partial charge in [0, 0.05) is 32.6 Å². The van der Waals surface area contributed by atoms with E-state index in [4.69, 9.17) is 4.74 Å². The van der Waals surface area contributed by atoms with Gasteiger partial charge in [-0.1, -0.05) is 42.5 Å². The fraction of sp³-hybridized carbons (Fsp3) is 0.417. The average molecular weight is 395 g/mol. The highest BCUT2D eigenvalue weighted by Crippen LogP contribution is 2.22. The molecule has 0 spiro atoms. The maximum Gasteiger partial charge on any atom is 0.257 e. The van der Waals surface area contributed by atoms with Crippen LogP contribution in [0.5, 0.6) is 5.75 Å². The second-order valence-corrected chi connectivity index (χ2v) is 7.67. The molecule has 1 saturated heterocycles. The Bertz CT molecular complexity index is 812. The zero-order valence-corrected chi connectivity index (χ0v) is 17.3. The van der Waals surface area contributed by atoms with E-state index in [-0.39, 0.29) is 17.9 Å². The molecule has 2 aromatic carbocycles. The van der Waals surface area contributed by atoms with Gasteiger partial charge in [0.05, 0.1) is 11.7 Å². The molecule has 0 unspecified atom stereocenters. The molecule has 1 fully saturated rings. The summed E-state index contributed by atoms with van der Waals surface area (Å²) >= 11 is 0. The van der Waals surface area contributed by atoms with Crippen LogP contribution >= 0.6 is 0 Å². The van der Waals surface area contributed by atoms with Crippen LogP contribution in [0.4, 0.5) is 0 Å². The Kier molecular flexibility index (Phi) is 7.28. The van der Waals surface area contributed by atoms with Crippen molar-refractivity contribution in [1.82, 2.24) is 9.80 Å². The molecule has 2 amide bonds. The summed E-state index contributed by atoms with van der Waals surface area (Å²) in [6.45, 7) is 6.18. The molecular formula is C24H30N2O3.